The first-order valence-electron chi connectivity index (χ1n) is 12.2. The van der Waals surface area contributed by atoms with Crippen molar-refractivity contribution in [3.8, 4) is 11.5 Å². The summed E-state index contributed by atoms with van der Waals surface area (Å²) in [5.74, 6) is -0.780. The van der Waals surface area contributed by atoms with Crippen molar-refractivity contribution < 1.29 is 28.7 Å². The summed E-state index contributed by atoms with van der Waals surface area (Å²) in [7, 11) is 0. The largest absolute Gasteiger partial charge is 0.486 e. The summed E-state index contributed by atoms with van der Waals surface area (Å²) in [6.07, 6.45) is 0.286. The van der Waals surface area contributed by atoms with Crippen molar-refractivity contribution in [1.82, 2.24) is 15.2 Å². The van der Waals surface area contributed by atoms with E-state index in [1.807, 2.05) is 30.3 Å². The van der Waals surface area contributed by atoms with Crippen LogP contribution in [0.2, 0.25) is 0 Å². The summed E-state index contributed by atoms with van der Waals surface area (Å²) in [5.41, 5.74) is 1.55. The minimum atomic E-state index is -1.18. The van der Waals surface area contributed by atoms with Gasteiger partial charge in [-0.05, 0) is 23.3 Å². The van der Waals surface area contributed by atoms with Crippen molar-refractivity contribution in [3.63, 3.8) is 0 Å². The number of amides is 4. The summed E-state index contributed by atoms with van der Waals surface area (Å²) in [6.45, 7) is 4.33. The zero-order valence-corrected chi connectivity index (χ0v) is 21.6. The molecule has 0 spiro atoms. The van der Waals surface area contributed by atoms with Gasteiger partial charge in [0.25, 0.3) is 5.91 Å². The van der Waals surface area contributed by atoms with Gasteiger partial charge in [0, 0.05) is 17.7 Å². The number of imide groups is 1. The van der Waals surface area contributed by atoms with Gasteiger partial charge in [-0.3, -0.25) is 14.4 Å². The number of ether oxygens (including phenoxy) is 2. The Bertz CT molecular complexity index is 1390. The average Bonchev–Trinajstić information content (AvgIpc) is 3.52. The maximum atomic E-state index is 13.7. The Labute approximate surface area is 223 Å². The number of thiazole rings is 1. The number of urea groups is 1. The van der Waals surface area contributed by atoms with Crippen molar-refractivity contribution in [1.29, 1.82) is 0 Å². The van der Waals surface area contributed by atoms with E-state index in [-0.39, 0.29) is 23.0 Å². The minimum Gasteiger partial charge on any atom is -0.486 e. The number of hydrogen-bond acceptors (Lipinski definition) is 8. The lowest BCUT2D eigenvalue weighted by molar-refractivity contribution is -0.134. The van der Waals surface area contributed by atoms with Crippen LogP contribution in [0.1, 0.15) is 53.8 Å². The molecule has 0 saturated carbocycles. The molecule has 0 bridgehead atoms. The van der Waals surface area contributed by atoms with Gasteiger partial charge in [0.15, 0.2) is 22.4 Å². The number of hydrogen-bond donors (Lipinski definition) is 2. The van der Waals surface area contributed by atoms with Crippen LogP contribution in [0.15, 0.2) is 53.9 Å². The van der Waals surface area contributed by atoms with Crippen LogP contribution in [0.3, 0.4) is 0 Å². The first kappa shape index (κ1) is 25.4. The molecular formula is C27H26N4O6S. The smallest absolute Gasteiger partial charge is 0.325 e. The molecular weight excluding hydrogens is 508 g/mol. The minimum absolute atomic E-state index is 0.146. The molecule has 5 rings (SSSR count). The van der Waals surface area contributed by atoms with E-state index >= 15 is 0 Å². The second-order valence-corrected chi connectivity index (χ2v) is 9.80. The third kappa shape index (κ3) is 4.84. The number of nitrogens with zero attached hydrogens (tertiary/aromatic N) is 2. The number of fused-ring (bicyclic) bond motifs is 1. The number of rotatable bonds is 8. The first-order chi connectivity index (χ1) is 18.4. The molecule has 2 N–H and O–H groups in total. The van der Waals surface area contributed by atoms with Gasteiger partial charge in [-0.1, -0.05) is 50.2 Å². The maximum Gasteiger partial charge on any atom is 0.325 e. The lowest BCUT2D eigenvalue weighted by Gasteiger charge is -2.29. The molecule has 0 aliphatic carbocycles. The summed E-state index contributed by atoms with van der Waals surface area (Å²) >= 11 is 1.11. The zero-order chi connectivity index (χ0) is 26.8. The molecule has 3 atom stereocenters. The third-order valence-corrected chi connectivity index (χ3v) is 7.32. The van der Waals surface area contributed by atoms with Crippen molar-refractivity contribution in [2.75, 3.05) is 18.5 Å². The maximum absolute atomic E-state index is 13.7. The van der Waals surface area contributed by atoms with Gasteiger partial charge in [0.05, 0.1) is 0 Å². The van der Waals surface area contributed by atoms with Gasteiger partial charge >= 0.3 is 6.03 Å². The standard InChI is InChI=1S/C27H26N4O6S/c1-3-19(32)18-14-38-26(28-18)30-24(33)23(15(2)16-7-5-4-6-8-16)31-25(34)22(29-27(31)35)17-9-10-20-21(13-17)37-12-11-36-20/h4-10,13-15,22-23H,3,11-12H2,1-2H3,(H,29,35)(H,28,30,33)/t15-,22+,23?/m0/s1. The van der Waals surface area contributed by atoms with Gasteiger partial charge in [-0.15, -0.1) is 11.3 Å². The van der Waals surface area contributed by atoms with Gasteiger partial charge in [-0.25, -0.2) is 14.7 Å². The quantitative estimate of drug-likeness (QED) is 0.331. The Morgan fingerprint density at radius 2 is 1.87 bits per heavy atom. The van der Waals surface area contributed by atoms with Crippen LogP contribution in [-0.2, 0) is 9.59 Å². The fraction of sp³-hybridized carbons (Fsp3) is 0.296. The Morgan fingerprint density at radius 1 is 1.13 bits per heavy atom. The van der Waals surface area contributed by atoms with E-state index in [0.29, 0.717) is 30.3 Å². The van der Waals surface area contributed by atoms with Gasteiger partial charge < -0.3 is 20.1 Å². The lowest BCUT2D eigenvalue weighted by Crippen LogP contribution is -2.50. The van der Waals surface area contributed by atoms with Crippen LogP contribution in [0.25, 0.3) is 0 Å². The van der Waals surface area contributed by atoms with E-state index in [9.17, 15) is 19.2 Å². The Morgan fingerprint density at radius 3 is 2.61 bits per heavy atom. The van der Waals surface area contributed by atoms with E-state index < -0.39 is 35.8 Å². The molecule has 1 fully saturated rings. The van der Waals surface area contributed by atoms with E-state index in [4.69, 9.17) is 9.47 Å². The molecule has 1 saturated heterocycles. The first-order valence-corrected chi connectivity index (χ1v) is 13.1. The number of aromatic nitrogens is 1. The molecule has 196 valence electrons. The van der Waals surface area contributed by atoms with E-state index in [1.165, 1.54) is 0 Å². The second kappa shape index (κ2) is 10.6. The number of ketones is 1. The van der Waals surface area contributed by atoms with Crippen LogP contribution in [0, 0.1) is 0 Å². The summed E-state index contributed by atoms with van der Waals surface area (Å²) in [5, 5.41) is 7.21. The molecule has 0 radical (unpaired) electrons. The zero-order valence-electron chi connectivity index (χ0n) is 20.8. The van der Waals surface area contributed by atoms with E-state index in [2.05, 4.69) is 15.6 Å². The molecule has 2 aliphatic rings. The van der Waals surface area contributed by atoms with Crippen molar-refractivity contribution in [2.24, 2.45) is 0 Å². The fourth-order valence-electron chi connectivity index (χ4n) is 4.55. The highest BCUT2D eigenvalue weighted by Crippen LogP contribution is 2.36. The molecule has 3 heterocycles. The molecule has 1 aromatic heterocycles. The van der Waals surface area contributed by atoms with Crippen LogP contribution in [-0.4, -0.2) is 52.8 Å². The normalized spacial score (nSPS) is 18.1. The Hall–Kier alpha value is -4.25. The summed E-state index contributed by atoms with van der Waals surface area (Å²) in [6, 6.07) is 11.4. The Balaban J connectivity index is 1.45. The molecule has 4 amide bonds. The van der Waals surface area contributed by atoms with E-state index in [0.717, 1.165) is 21.8 Å². The SMILES string of the molecule is CCC(=O)c1csc(NC(=O)C([C@@H](C)c2ccccc2)N2C(=O)N[C@H](c3ccc4c(c3)OCCO4)C2=O)n1. The van der Waals surface area contributed by atoms with Crippen molar-refractivity contribution >= 4 is 40.1 Å². The fourth-order valence-corrected chi connectivity index (χ4v) is 5.27. The second-order valence-electron chi connectivity index (χ2n) is 8.94. The predicted octanol–water partition coefficient (Wildman–Crippen LogP) is 3.91. The number of Topliss-reactive ketones (excluding diaryl/α,β-unsaturated/α-hetero) is 1. The summed E-state index contributed by atoms with van der Waals surface area (Å²) < 4.78 is 11.2. The highest BCUT2D eigenvalue weighted by molar-refractivity contribution is 7.14. The monoisotopic (exact) mass is 534 g/mol. The van der Waals surface area contributed by atoms with Crippen LogP contribution < -0.4 is 20.1 Å². The van der Waals surface area contributed by atoms with Gasteiger partial charge in [0.2, 0.25) is 5.91 Å². The van der Waals surface area contributed by atoms with Crippen LogP contribution in [0.5, 0.6) is 11.5 Å². The van der Waals surface area contributed by atoms with Crippen molar-refractivity contribution in [3.05, 3.63) is 70.7 Å². The highest BCUT2D eigenvalue weighted by Gasteiger charge is 2.47. The van der Waals surface area contributed by atoms with E-state index in [1.54, 1.807) is 37.4 Å². The number of anilines is 1. The Kier molecular flexibility index (Phi) is 7.10. The topological polar surface area (TPSA) is 127 Å². The average molecular weight is 535 g/mol. The number of carbonyl (C=O) groups excluding carboxylic acids is 4. The number of carbonyl (C=O) groups is 4. The summed E-state index contributed by atoms with van der Waals surface area (Å²) in [4.78, 5) is 57.7. The number of benzene rings is 2. The number of nitrogens with one attached hydrogen (secondary N) is 2. The van der Waals surface area contributed by atoms with Crippen LogP contribution in [0.4, 0.5) is 9.93 Å². The van der Waals surface area contributed by atoms with Gasteiger partial charge in [0.1, 0.15) is 31.0 Å². The van der Waals surface area contributed by atoms with Crippen molar-refractivity contribution in [2.45, 2.75) is 38.3 Å². The molecule has 11 heteroatoms. The molecule has 38 heavy (non-hydrogen) atoms. The lowest BCUT2D eigenvalue weighted by atomic mass is 9.91. The molecule has 2 aromatic carbocycles. The van der Waals surface area contributed by atoms with Crippen LogP contribution >= 0.6 is 11.3 Å². The third-order valence-electron chi connectivity index (χ3n) is 6.56. The predicted molar refractivity (Wildman–Crippen MR) is 140 cm³/mol. The highest BCUT2D eigenvalue weighted by atomic mass is 32.1. The van der Waals surface area contributed by atoms with Gasteiger partial charge in [-0.2, -0.15) is 0 Å². The molecule has 2 aliphatic heterocycles. The molecule has 10 nitrogen and oxygen atoms in total. The molecule has 3 aromatic rings. The molecule has 1 unspecified atom stereocenters.